The zero-order valence-corrected chi connectivity index (χ0v) is 11.9. The van der Waals surface area contributed by atoms with Gasteiger partial charge in [-0.15, -0.1) is 0 Å². The first-order valence-corrected chi connectivity index (χ1v) is 8.46. The number of hydrogen-bond donors (Lipinski definition) is 1. The van der Waals surface area contributed by atoms with E-state index in [0.717, 1.165) is 12.8 Å². The Bertz CT molecular complexity index is 474. The molecular formula is C12H20N2O4S. The molecule has 2 amide bonds. The summed E-state index contributed by atoms with van der Waals surface area (Å²) in [5, 5.41) is 2.82. The lowest BCUT2D eigenvalue weighted by Gasteiger charge is -2.34. The van der Waals surface area contributed by atoms with Gasteiger partial charge < -0.3 is 10.2 Å². The maximum atomic E-state index is 12.3. The minimum atomic E-state index is -3.03. The van der Waals surface area contributed by atoms with Crippen molar-refractivity contribution in [1.29, 1.82) is 0 Å². The number of likely N-dealkylation sites (tertiary alicyclic amines) is 1. The van der Waals surface area contributed by atoms with E-state index in [4.69, 9.17) is 0 Å². The molecule has 0 unspecified atom stereocenters. The molecule has 2 aliphatic rings. The third-order valence-corrected chi connectivity index (χ3v) is 5.49. The van der Waals surface area contributed by atoms with Crippen LogP contribution >= 0.6 is 0 Å². The highest BCUT2D eigenvalue weighted by molar-refractivity contribution is 7.91. The smallest absolute Gasteiger partial charge is 0.226 e. The van der Waals surface area contributed by atoms with Crippen LogP contribution in [0.4, 0.5) is 0 Å². The monoisotopic (exact) mass is 288 g/mol. The maximum Gasteiger partial charge on any atom is 0.226 e. The van der Waals surface area contributed by atoms with Crippen LogP contribution in [-0.4, -0.2) is 55.8 Å². The van der Waals surface area contributed by atoms with Crippen LogP contribution in [0.3, 0.4) is 0 Å². The quantitative estimate of drug-likeness (QED) is 0.746. The number of rotatable bonds is 2. The lowest BCUT2D eigenvalue weighted by atomic mass is 10.0. The van der Waals surface area contributed by atoms with E-state index in [-0.39, 0.29) is 35.3 Å². The zero-order valence-electron chi connectivity index (χ0n) is 11.1. The number of piperidine rings is 1. The maximum absolute atomic E-state index is 12.3. The van der Waals surface area contributed by atoms with E-state index in [1.807, 2.05) is 0 Å². The number of amides is 2. The molecule has 1 N–H and O–H groups in total. The second-order valence-electron chi connectivity index (χ2n) is 5.42. The summed E-state index contributed by atoms with van der Waals surface area (Å²) < 4.78 is 22.8. The van der Waals surface area contributed by atoms with Crippen LogP contribution < -0.4 is 5.32 Å². The van der Waals surface area contributed by atoms with Gasteiger partial charge >= 0.3 is 0 Å². The Morgan fingerprint density at radius 3 is 2.58 bits per heavy atom. The van der Waals surface area contributed by atoms with E-state index in [9.17, 15) is 18.0 Å². The van der Waals surface area contributed by atoms with Crippen molar-refractivity contribution < 1.29 is 18.0 Å². The minimum absolute atomic E-state index is 0.00629. The van der Waals surface area contributed by atoms with E-state index in [1.54, 1.807) is 4.90 Å². The summed E-state index contributed by atoms with van der Waals surface area (Å²) in [5.41, 5.74) is 0. The van der Waals surface area contributed by atoms with Crippen LogP contribution in [0.1, 0.15) is 26.2 Å². The van der Waals surface area contributed by atoms with Gasteiger partial charge in [0.15, 0.2) is 9.84 Å². The molecule has 2 saturated heterocycles. The molecule has 2 heterocycles. The fraction of sp³-hybridized carbons (Fsp3) is 0.833. The molecule has 19 heavy (non-hydrogen) atoms. The second kappa shape index (κ2) is 5.48. The van der Waals surface area contributed by atoms with E-state index >= 15 is 0 Å². The molecule has 0 spiro atoms. The molecule has 7 heteroatoms. The van der Waals surface area contributed by atoms with Crippen molar-refractivity contribution in [3.63, 3.8) is 0 Å². The topological polar surface area (TPSA) is 83.6 Å². The molecule has 0 aromatic carbocycles. The van der Waals surface area contributed by atoms with Crippen LogP contribution in [0, 0.1) is 5.92 Å². The van der Waals surface area contributed by atoms with Crippen molar-refractivity contribution in [2.45, 2.75) is 32.2 Å². The average Bonchev–Trinajstić information content (AvgIpc) is 2.68. The molecular weight excluding hydrogens is 268 g/mol. The first-order valence-electron chi connectivity index (χ1n) is 6.64. The van der Waals surface area contributed by atoms with Crippen LogP contribution in [0.5, 0.6) is 0 Å². The van der Waals surface area contributed by atoms with Gasteiger partial charge in [-0.3, -0.25) is 9.59 Å². The van der Waals surface area contributed by atoms with Crippen LogP contribution in [0.25, 0.3) is 0 Å². The van der Waals surface area contributed by atoms with Gasteiger partial charge in [0, 0.05) is 26.1 Å². The van der Waals surface area contributed by atoms with Crippen LogP contribution in [0.2, 0.25) is 0 Å². The molecule has 0 saturated carbocycles. The number of carbonyl (C=O) groups excluding carboxylic acids is 2. The Hall–Kier alpha value is -1.11. The summed E-state index contributed by atoms with van der Waals surface area (Å²) in [5.74, 6) is -0.459. The highest BCUT2D eigenvalue weighted by Crippen LogP contribution is 2.22. The van der Waals surface area contributed by atoms with Gasteiger partial charge in [0.05, 0.1) is 17.4 Å². The highest BCUT2D eigenvalue weighted by atomic mass is 32.2. The van der Waals surface area contributed by atoms with E-state index in [1.165, 1.54) is 6.92 Å². The largest absolute Gasteiger partial charge is 0.352 e. The number of carbonyl (C=O) groups is 2. The lowest BCUT2D eigenvalue weighted by molar-refractivity contribution is -0.136. The molecule has 0 aromatic rings. The Balaban J connectivity index is 1.94. The predicted octanol–water partition coefficient (Wildman–Crippen LogP) is -0.452. The van der Waals surface area contributed by atoms with E-state index in [0.29, 0.717) is 19.5 Å². The van der Waals surface area contributed by atoms with Gasteiger partial charge in [0.1, 0.15) is 0 Å². The number of nitrogens with zero attached hydrogens (tertiary/aromatic N) is 1. The lowest BCUT2D eigenvalue weighted by Crippen LogP contribution is -2.50. The Morgan fingerprint density at radius 1 is 1.26 bits per heavy atom. The van der Waals surface area contributed by atoms with Crippen molar-refractivity contribution >= 4 is 21.7 Å². The number of sulfone groups is 1. The second-order valence-corrected chi connectivity index (χ2v) is 7.65. The van der Waals surface area contributed by atoms with Crippen LogP contribution in [-0.2, 0) is 19.4 Å². The van der Waals surface area contributed by atoms with Gasteiger partial charge in [-0.25, -0.2) is 8.42 Å². The summed E-state index contributed by atoms with van der Waals surface area (Å²) in [4.78, 5) is 25.0. The first kappa shape index (κ1) is 14.3. The fourth-order valence-electron chi connectivity index (χ4n) is 2.83. The average molecular weight is 288 g/mol. The molecule has 2 rings (SSSR count). The van der Waals surface area contributed by atoms with Gasteiger partial charge in [0.2, 0.25) is 11.8 Å². The molecule has 2 atom stereocenters. The normalized spacial score (nSPS) is 30.1. The Labute approximate surface area is 113 Å². The zero-order chi connectivity index (χ0) is 14.0. The van der Waals surface area contributed by atoms with Gasteiger partial charge in [-0.1, -0.05) is 0 Å². The number of hydrogen-bond acceptors (Lipinski definition) is 4. The third kappa shape index (κ3) is 3.68. The van der Waals surface area contributed by atoms with Gasteiger partial charge in [-0.05, 0) is 19.3 Å². The van der Waals surface area contributed by atoms with Gasteiger partial charge in [0.25, 0.3) is 0 Å². The van der Waals surface area contributed by atoms with Crippen molar-refractivity contribution in [2.75, 3.05) is 24.6 Å². The molecule has 0 aliphatic carbocycles. The molecule has 2 aliphatic heterocycles. The molecule has 0 radical (unpaired) electrons. The van der Waals surface area contributed by atoms with E-state index in [2.05, 4.69) is 5.32 Å². The van der Waals surface area contributed by atoms with Crippen molar-refractivity contribution in [3.05, 3.63) is 0 Å². The fourth-order valence-corrected chi connectivity index (χ4v) is 4.56. The first-order chi connectivity index (χ1) is 8.87. The molecule has 6 nitrogen and oxygen atoms in total. The highest BCUT2D eigenvalue weighted by Gasteiger charge is 2.36. The Morgan fingerprint density at radius 2 is 2.00 bits per heavy atom. The minimum Gasteiger partial charge on any atom is -0.352 e. The van der Waals surface area contributed by atoms with Crippen molar-refractivity contribution in [2.24, 2.45) is 5.92 Å². The molecule has 0 bridgehead atoms. The summed E-state index contributed by atoms with van der Waals surface area (Å²) in [6.07, 6.45) is 2.14. The number of nitrogens with one attached hydrogen (secondary N) is 1. The molecule has 0 aromatic heterocycles. The third-order valence-electron chi connectivity index (χ3n) is 3.72. The summed E-state index contributed by atoms with van der Waals surface area (Å²) in [6.45, 7) is 2.62. The van der Waals surface area contributed by atoms with Gasteiger partial charge in [-0.2, -0.15) is 0 Å². The summed E-state index contributed by atoms with van der Waals surface area (Å²) in [6, 6.07) is -0.00629. The van der Waals surface area contributed by atoms with Crippen molar-refractivity contribution in [3.8, 4) is 0 Å². The summed E-state index contributed by atoms with van der Waals surface area (Å²) in [7, 11) is -3.03. The van der Waals surface area contributed by atoms with E-state index < -0.39 is 9.84 Å². The predicted molar refractivity (Wildman–Crippen MR) is 70.2 cm³/mol. The summed E-state index contributed by atoms with van der Waals surface area (Å²) >= 11 is 0. The molecule has 2 fully saturated rings. The molecule has 108 valence electrons. The van der Waals surface area contributed by atoms with Crippen LogP contribution in [0.15, 0.2) is 0 Å². The van der Waals surface area contributed by atoms with Crippen molar-refractivity contribution in [1.82, 2.24) is 10.2 Å². The Kier molecular flexibility index (Phi) is 4.13. The SMILES string of the molecule is CC(=O)N[C@@H]1CCCN(C(=O)[C@H]2CCS(=O)(=O)C2)C1. The standard InChI is InChI=1S/C12H20N2O4S/c1-9(15)13-11-3-2-5-14(7-11)12(16)10-4-6-19(17,18)8-10/h10-11H,2-8H2,1H3,(H,13,15)/t10-,11+/m0/s1.